The van der Waals surface area contributed by atoms with E-state index in [1.54, 1.807) is 0 Å². The zero-order valence-corrected chi connectivity index (χ0v) is 11.3. The molecule has 2 N–H and O–H groups in total. The fourth-order valence-electron chi connectivity index (χ4n) is 2.78. The van der Waals surface area contributed by atoms with E-state index < -0.39 is 0 Å². The lowest BCUT2D eigenvalue weighted by molar-refractivity contribution is 0.741. The average molecular weight is 278 g/mol. The van der Waals surface area contributed by atoms with Crippen molar-refractivity contribution in [1.29, 1.82) is 0 Å². The Morgan fingerprint density at radius 3 is 1.83 bits per heavy atom. The van der Waals surface area contributed by atoms with Crippen LogP contribution >= 0.6 is 23.2 Å². The molecule has 0 aromatic heterocycles. The maximum absolute atomic E-state index is 6.11. The van der Waals surface area contributed by atoms with Crippen molar-refractivity contribution in [2.75, 3.05) is 6.54 Å². The van der Waals surface area contributed by atoms with Gasteiger partial charge in [-0.1, -0.05) is 35.3 Å². The minimum absolute atomic E-state index is 0.317. The van der Waals surface area contributed by atoms with Gasteiger partial charge in [-0.25, -0.2) is 0 Å². The molecule has 0 saturated heterocycles. The molecule has 0 aliphatic heterocycles. The van der Waals surface area contributed by atoms with E-state index in [1.165, 1.54) is 22.3 Å². The van der Waals surface area contributed by atoms with Gasteiger partial charge in [-0.3, -0.25) is 0 Å². The number of hydrogen-bond donors (Lipinski definition) is 1. The second-order valence-electron chi connectivity index (χ2n) is 4.59. The van der Waals surface area contributed by atoms with Gasteiger partial charge in [0.1, 0.15) is 0 Å². The summed E-state index contributed by atoms with van der Waals surface area (Å²) in [4.78, 5) is 0. The molecule has 0 heterocycles. The predicted octanol–water partition coefficient (Wildman–Crippen LogP) is 4.45. The van der Waals surface area contributed by atoms with E-state index in [0.717, 1.165) is 16.5 Å². The van der Waals surface area contributed by atoms with Crippen molar-refractivity contribution < 1.29 is 0 Å². The highest BCUT2D eigenvalue weighted by molar-refractivity contribution is 6.31. The quantitative estimate of drug-likeness (QED) is 0.862. The van der Waals surface area contributed by atoms with Crippen LogP contribution in [-0.4, -0.2) is 6.54 Å². The predicted molar refractivity (Wildman–Crippen MR) is 77.4 cm³/mol. The standard InChI is InChI=1S/C15H13Cl2N/c16-9-1-3-11-12-4-2-10(17)8-15(12)13(5-6-18)14(11)7-9/h1-4,7-8,13H,5-6,18H2. The number of benzene rings is 2. The summed E-state index contributed by atoms with van der Waals surface area (Å²) < 4.78 is 0. The lowest BCUT2D eigenvalue weighted by atomic mass is 9.94. The summed E-state index contributed by atoms with van der Waals surface area (Å²) in [6.45, 7) is 0.655. The van der Waals surface area contributed by atoms with Crippen molar-refractivity contribution in [2.45, 2.75) is 12.3 Å². The van der Waals surface area contributed by atoms with Gasteiger partial charge in [0.15, 0.2) is 0 Å². The first kappa shape index (κ1) is 12.0. The van der Waals surface area contributed by atoms with Crippen molar-refractivity contribution in [1.82, 2.24) is 0 Å². The van der Waals surface area contributed by atoms with Crippen LogP contribution in [0.1, 0.15) is 23.5 Å². The molecule has 1 aliphatic carbocycles. The van der Waals surface area contributed by atoms with Crippen molar-refractivity contribution in [3.05, 3.63) is 57.6 Å². The van der Waals surface area contributed by atoms with Gasteiger partial charge in [0, 0.05) is 16.0 Å². The molecule has 0 unspecified atom stereocenters. The Hall–Kier alpha value is -1.02. The van der Waals surface area contributed by atoms with E-state index in [4.69, 9.17) is 28.9 Å². The Bertz CT molecular complexity index is 556. The molecule has 0 atom stereocenters. The Morgan fingerprint density at radius 2 is 1.39 bits per heavy atom. The maximum Gasteiger partial charge on any atom is 0.0409 e. The smallest absolute Gasteiger partial charge is 0.0409 e. The molecular weight excluding hydrogens is 265 g/mol. The molecule has 3 rings (SSSR count). The monoisotopic (exact) mass is 277 g/mol. The molecule has 2 aromatic rings. The molecule has 92 valence electrons. The summed E-state index contributed by atoms with van der Waals surface area (Å²) in [6, 6.07) is 12.1. The lowest BCUT2D eigenvalue weighted by Gasteiger charge is -2.12. The first-order valence-corrected chi connectivity index (χ1v) is 6.75. The number of rotatable bonds is 2. The molecule has 0 spiro atoms. The molecule has 0 fully saturated rings. The molecular formula is C15H13Cl2N. The fourth-order valence-corrected chi connectivity index (χ4v) is 3.14. The molecule has 2 aromatic carbocycles. The van der Waals surface area contributed by atoms with Gasteiger partial charge in [-0.05, 0) is 59.5 Å². The lowest BCUT2D eigenvalue weighted by Crippen LogP contribution is -2.06. The van der Waals surface area contributed by atoms with Gasteiger partial charge in [0.05, 0.1) is 0 Å². The third kappa shape index (κ3) is 1.83. The van der Waals surface area contributed by atoms with E-state index in [1.807, 2.05) is 24.3 Å². The van der Waals surface area contributed by atoms with Crippen molar-refractivity contribution in [3.8, 4) is 11.1 Å². The van der Waals surface area contributed by atoms with Gasteiger partial charge in [0.25, 0.3) is 0 Å². The van der Waals surface area contributed by atoms with Crippen LogP contribution in [-0.2, 0) is 0 Å². The summed E-state index contributed by atoms with van der Waals surface area (Å²) in [5.74, 6) is 0.317. The van der Waals surface area contributed by atoms with Crippen LogP contribution in [0.3, 0.4) is 0 Å². The second-order valence-corrected chi connectivity index (χ2v) is 5.47. The SMILES string of the molecule is NCCC1c2cc(Cl)ccc2-c2ccc(Cl)cc21. The van der Waals surface area contributed by atoms with Crippen LogP contribution < -0.4 is 5.73 Å². The molecule has 0 radical (unpaired) electrons. The average Bonchev–Trinajstić information content (AvgIpc) is 2.63. The molecule has 18 heavy (non-hydrogen) atoms. The Labute approximate surface area is 117 Å². The topological polar surface area (TPSA) is 26.0 Å². The van der Waals surface area contributed by atoms with Gasteiger partial charge in [-0.15, -0.1) is 0 Å². The normalized spacial score (nSPS) is 13.5. The molecule has 3 heteroatoms. The minimum atomic E-state index is 0.317. The van der Waals surface area contributed by atoms with E-state index in [0.29, 0.717) is 12.5 Å². The number of fused-ring (bicyclic) bond motifs is 3. The highest BCUT2D eigenvalue weighted by atomic mass is 35.5. The Balaban J connectivity index is 2.22. The summed E-state index contributed by atoms with van der Waals surface area (Å²) in [6.07, 6.45) is 0.917. The highest BCUT2D eigenvalue weighted by Gasteiger charge is 2.28. The van der Waals surface area contributed by atoms with E-state index in [9.17, 15) is 0 Å². The van der Waals surface area contributed by atoms with Crippen LogP contribution in [0, 0.1) is 0 Å². The Morgan fingerprint density at radius 1 is 0.889 bits per heavy atom. The first-order chi connectivity index (χ1) is 8.70. The van der Waals surface area contributed by atoms with Crippen LogP contribution in [0.25, 0.3) is 11.1 Å². The molecule has 0 bridgehead atoms. The maximum atomic E-state index is 6.11. The summed E-state index contributed by atoms with van der Waals surface area (Å²) in [5.41, 5.74) is 10.8. The van der Waals surface area contributed by atoms with Crippen molar-refractivity contribution >= 4 is 23.2 Å². The fraction of sp³-hybridized carbons (Fsp3) is 0.200. The number of hydrogen-bond acceptors (Lipinski definition) is 1. The van der Waals surface area contributed by atoms with Gasteiger partial charge < -0.3 is 5.73 Å². The third-order valence-corrected chi connectivity index (χ3v) is 3.99. The number of nitrogens with two attached hydrogens (primary N) is 1. The zero-order chi connectivity index (χ0) is 12.7. The van der Waals surface area contributed by atoms with Crippen molar-refractivity contribution in [3.63, 3.8) is 0 Å². The molecule has 1 nitrogen and oxygen atoms in total. The molecule has 1 aliphatic rings. The van der Waals surface area contributed by atoms with Gasteiger partial charge in [-0.2, -0.15) is 0 Å². The Kier molecular flexibility index (Phi) is 3.06. The highest BCUT2D eigenvalue weighted by Crippen LogP contribution is 2.47. The van der Waals surface area contributed by atoms with Gasteiger partial charge in [0.2, 0.25) is 0 Å². The number of halogens is 2. The summed E-state index contributed by atoms with van der Waals surface area (Å²) in [5, 5.41) is 1.55. The largest absolute Gasteiger partial charge is 0.330 e. The van der Waals surface area contributed by atoms with E-state index in [2.05, 4.69) is 12.1 Å². The van der Waals surface area contributed by atoms with Crippen molar-refractivity contribution in [2.24, 2.45) is 5.73 Å². The van der Waals surface area contributed by atoms with Crippen LogP contribution in [0.4, 0.5) is 0 Å². The van der Waals surface area contributed by atoms with Crippen LogP contribution in [0.5, 0.6) is 0 Å². The van der Waals surface area contributed by atoms with E-state index in [-0.39, 0.29) is 0 Å². The summed E-state index contributed by atoms with van der Waals surface area (Å²) >= 11 is 12.2. The summed E-state index contributed by atoms with van der Waals surface area (Å²) in [7, 11) is 0. The minimum Gasteiger partial charge on any atom is -0.330 e. The van der Waals surface area contributed by atoms with Crippen LogP contribution in [0.2, 0.25) is 10.0 Å². The third-order valence-electron chi connectivity index (χ3n) is 3.52. The molecule has 0 amide bonds. The van der Waals surface area contributed by atoms with E-state index >= 15 is 0 Å². The zero-order valence-electron chi connectivity index (χ0n) is 9.79. The first-order valence-electron chi connectivity index (χ1n) is 6.00. The second kappa shape index (κ2) is 4.58. The van der Waals surface area contributed by atoms with Gasteiger partial charge >= 0.3 is 0 Å². The van der Waals surface area contributed by atoms with Crippen LogP contribution in [0.15, 0.2) is 36.4 Å². The molecule has 0 saturated carbocycles.